The van der Waals surface area contributed by atoms with Crippen LogP contribution in [0.25, 0.3) is 0 Å². The summed E-state index contributed by atoms with van der Waals surface area (Å²) >= 11 is 5.82. The summed E-state index contributed by atoms with van der Waals surface area (Å²) in [6.07, 6.45) is 0.511. The zero-order valence-electron chi connectivity index (χ0n) is 10.9. The number of sulfone groups is 1. The third-order valence-corrected chi connectivity index (χ3v) is 6.79. The van der Waals surface area contributed by atoms with Gasteiger partial charge >= 0.3 is 0 Å². The van der Waals surface area contributed by atoms with Crippen LogP contribution < -0.4 is 4.72 Å². The van der Waals surface area contributed by atoms with Gasteiger partial charge in [-0.25, -0.2) is 21.6 Å². The van der Waals surface area contributed by atoms with Crippen LogP contribution in [0.15, 0.2) is 23.1 Å². The van der Waals surface area contributed by atoms with E-state index in [0.29, 0.717) is 0 Å². The first-order valence-electron chi connectivity index (χ1n) is 6.16. The monoisotopic (exact) mass is 348 g/mol. The van der Waals surface area contributed by atoms with Gasteiger partial charge in [-0.05, 0) is 31.0 Å². The van der Waals surface area contributed by atoms with Crippen molar-refractivity contribution in [2.45, 2.75) is 23.8 Å². The number of rotatable bonds is 3. The van der Waals surface area contributed by atoms with E-state index in [1.54, 1.807) is 0 Å². The molecule has 9 heteroatoms. The van der Waals surface area contributed by atoms with Crippen LogP contribution in [0.5, 0.6) is 0 Å². The van der Waals surface area contributed by atoms with Crippen LogP contribution >= 0.6 is 11.6 Å². The number of halogens is 1. The first-order valence-corrected chi connectivity index (χ1v) is 9.84. The Kier molecular flexibility index (Phi) is 4.58. The number of nitrogens with zero attached hydrogens (tertiary/aromatic N) is 1. The lowest BCUT2D eigenvalue weighted by Crippen LogP contribution is -2.40. The molecule has 0 atom stereocenters. The predicted octanol–water partition coefficient (Wildman–Crippen LogP) is 1.07. The lowest BCUT2D eigenvalue weighted by atomic mass is 10.2. The lowest BCUT2D eigenvalue weighted by molar-refractivity contribution is 0.505. The van der Waals surface area contributed by atoms with Crippen LogP contribution in [0.2, 0.25) is 5.02 Å². The van der Waals surface area contributed by atoms with Crippen molar-refractivity contribution >= 4 is 31.5 Å². The average molecular weight is 349 g/mol. The van der Waals surface area contributed by atoms with Crippen molar-refractivity contribution in [3.8, 4) is 6.07 Å². The number of hydrogen-bond acceptors (Lipinski definition) is 5. The third-order valence-electron chi connectivity index (χ3n) is 3.25. The molecule has 6 nitrogen and oxygen atoms in total. The molecule has 0 bridgehead atoms. The quantitative estimate of drug-likeness (QED) is 0.879. The number of benzene rings is 1. The van der Waals surface area contributed by atoms with Gasteiger partial charge in [-0.2, -0.15) is 5.26 Å². The Morgan fingerprint density at radius 1 is 1.29 bits per heavy atom. The van der Waals surface area contributed by atoms with Crippen LogP contribution in [-0.2, 0) is 19.9 Å². The van der Waals surface area contributed by atoms with Gasteiger partial charge in [0.15, 0.2) is 0 Å². The van der Waals surface area contributed by atoms with Crippen LogP contribution in [0.4, 0.5) is 0 Å². The molecule has 0 spiro atoms. The summed E-state index contributed by atoms with van der Waals surface area (Å²) in [5.74, 6) is -0.0391. The minimum atomic E-state index is -3.78. The summed E-state index contributed by atoms with van der Waals surface area (Å²) in [5, 5.41) is 8.83. The average Bonchev–Trinajstić information content (AvgIpc) is 2.41. The molecule has 2 rings (SSSR count). The van der Waals surface area contributed by atoms with Gasteiger partial charge in [0.2, 0.25) is 10.0 Å². The summed E-state index contributed by atoms with van der Waals surface area (Å²) < 4.78 is 49.5. The zero-order chi connectivity index (χ0) is 15.7. The molecule has 0 radical (unpaired) electrons. The third kappa shape index (κ3) is 3.95. The minimum absolute atomic E-state index is 0.0195. The molecule has 1 aliphatic rings. The molecule has 0 aromatic heterocycles. The number of sulfonamides is 1. The molecular weight excluding hydrogens is 336 g/mol. The summed E-state index contributed by atoms with van der Waals surface area (Å²) in [7, 11) is -6.83. The Balaban J connectivity index is 2.16. The summed E-state index contributed by atoms with van der Waals surface area (Å²) in [6.45, 7) is 0. The van der Waals surface area contributed by atoms with E-state index in [0.717, 1.165) is 0 Å². The second-order valence-electron chi connectivity index (χ2n) is 4.80. The molecule has 114 valence electrons. The molecule has 1 aromatic rings. The summed E-state index contributed by atoms with van der Waals surface area (Å²) in [4.78, 5) is -0.0417. The van der Waals surface area contributed by atoms with Crippen LogP contribution in [0.1, 0.15) is 18.4 Å². The summed E-state index contributed by atoms with van der Waals surface area (Å²) in [6, 6.07) is 5.28. The normalized spacial score (nSPS) is 19.0. The van der Waals surface area contributed by atoms with Gasteiger partial charge in [-0.15, -0.1) is 0 Å². The first-order chi connectivity index (χ1) is 9.73. The van der Waals surface area contributed by atoms with Gasteiger partial charge in [-0.1, -0.05) is 11.6 Å². The van der Waals surface area contributed by atoms with Crippen molar-refractivity contribution in [2.24, 2.45) is 0 Å². The van der Waals surface area contributed by atoms with E-state index < -0.39 is 25.9 Å². The van der Waals surface area contributed by atoms with Crippen molar-refractivity contribution in [1.29, 1.82) is 5.26 Å². The van der Waals surface area contributed by atoms with Crippen molar-refractivity contribution in [3.05, 3.63) is 28.8 Å². The highest BCUT2D eigenvalue weighted by Crippen LogP contribution is 2.21. The highest BCUT2D eigenvalue weighted by Gasteiger charge is 2.27. The Labute approximate surface area is 128 Å². The molecule has 1 aromatic carbocycles. The standard InChI is InChI=1S/C12H13ClN2O4S2/c13-12-7-11(2-1-9(12)8-14)21(18,19)15-10-3-5-20(16,17)6-4-10/h1-2,7,10,15H,3-6H2. The Morgan fingerprint density at radius 2 is 1.90 bits per heavy atom. The second-order valence-corrected chi connectivity index (χ2v) is 9.23. The molecule has 1 heterocycles. The Morgan fingerprint density at radius 3 is 2.43 bits per heavy atom. The smallest absolute Gasteiger partial charge is 0.229 e. The van der Waals surface area contributed by atoms with Gasteiger partial charge in [0.1, 0.15) is 15.9 Å². The van der Waals surface area contributed by atoms with Crippen molar-refractivity contribution in [1.82, 2.24) is 4.72 Å². The topological polar surface area (TPSA) is 104 Å². The molecule has 0 unspecified atom stereocenters. The fourth-order valence-electron chi connectivity index (χ4n) is 2.05. The zero-order valence-corrected chi connectivity index (χ0v) is 13.3. The Hall–Kier alpha value is -1.14. The van der Waals surface area contributed by atoms with E-state index in [1.807, 2.05) is 6.07 Å². The second kappa shape index (κ2) is 5.93. The SMILES string of the molecule is N#Cc1ccc(S(=O)(=O)NC2CCS(=O)(=O)CC2)cc1Cl. The lowest BCUT2D eigenvalue weighted by Gasteiger charge is -2.22. The predicted molar refractivity (Wildman–Crippen MR) is 78.2 cm³/mol. The molecule has 0 saturated carbocycles. The molecule has 0 amide bonds. The van der Waals surface area contributed by atoms with E-state index in [1.165, 1.54) is 18.2 Å². The van der Waals surface area contributed by atoms with E-state index in [-0.39, 0.29) is 39.8 Å². The molecule has 21 heavy (non-hydrogen) atoms. The first kappa shape index (κ1) is 16.2. The van der Waals surface area contributed by atoms with E-state index in [2.05, 4.69) is 4.72 Å². The van der Waals surface area contributed by atoms with Crippen LogP contribution in [-0.4, -0.2) is 34.4 Å². The van der Waals surface area contributed by atoms with Crippen molar-refractivity contribution < 1.29 is 16.8 Å². The fraction of sp³-hybridized carbons (Fsp3) is 0.417. The minimum Gasteiger partial charge on any atom is -0.229 e. The van der Waals surface area contributed by atoms with Gasteiger partial charge in [-0.3, -0.25) is 0 Å². The maximum absolute atomic E-state index is 12.2. The summed E-state index contributed by atoms with van der Waals surface area (Å²) in [5.41, 5.74) is 0.194. The highest BCUT2D eigenvalue weighted by molar-refractivity contribution is 7.91. The molecule has 1 aliphatic heterocycles. The fourth-order valence-corrected chi connectivity index (χ4v) is 5.16. The van der Waals surface area contributed by atoms with Gasteiger partial charge in [0.25, 0.3) is 0 Å². The molecule has 1 N–H and O–H groups in total. The highest BCUT2D eigenvalue weighted by atomic mass is 35.5. The Bertz CT molecular complexity index is 783. The maximum Gasteiger partial charge on any atom is 0.240 e. The number of nitrogens with one attached hydrogen (secondary N) is 1. The van der Waals surface area contributed by atoms with E-state index >= 15 is 0 Å². The van der Waals surface area contributed by atoms with Crippen LogP contribution in [0.3, 0.4) is 0 Å². The maximum atomic E-state index is 12.2. The van der Waals surface area contributed by atoms with Gasteiger partial charge in [0.05, 0.1) is 27.0 Å². The van der Waals surface area contributed by atoms with Gasteiger partial charge in [0, 0.05) is 6.04 Å². The van der Waals surface area contributed by atoms with E-state index in [9.17, 15) is 16.8 Å². The van der Waals surface area contributed by atoms with Crippen molar-refractivity contribution in [2.75, 3.05) is 11.5 Å². The largest absolute Gasteiger partial charge is 0.240 e. The molecule has 0 aliphatic carbocycles. The molecule has 1 fully saturated rings. The molecular formula is C12H13ClN2O4S2. The van der Waals surface area contributed by atoms with Gasteiger partial charge < -0.3 is 0 Å². The van der Waals surface area contributed by atoms with Crippen molar-refractivity contribution in [3.63, 3.8) is 0 Å². The number of hydrogen-bond donors (Lipinski definition) is 1. The number of nitriles is 1. The van der Waals surface area contributed by atoms with E-state index in [4.69, 9.17) is 16.9 Å². The van der Waals surface area contributed by atoms with Crippen LogP contribution in [0, 0.1) is 11.3 Å². The molecule has 1 saturated heterocycles.